The number of aromatic nitrogens is 2. The van der Waals surface area contributed by atoms with Gasteiger partial charge in [0.15, 0.2) is 5.69 Å². The smallest absolute Gasteiger partial charge is 0.397 e. The highest BCUT2D eigenvalue weighted by molar-refractivity contribution is 5.95. The summed E-state index contributed by atoms with van der Waals surface area (Å²) in [4.78, 5) is 11.6. The standard InChI is InChI=1S/C13H13F3N4O/c1-2-18-12(21)8-3-4-10(9(17)7-8)20-6-5-11(19-20)13(14,15)16/h3-7H,2,17H2,1H3,(H,18,21). The van der Waals surface area contributed by atoms with Crippen LogP contribution in [-0.2, 0) is 6.18 Å². The van der Waals surface area contributed by atoms with E-state index in [0.29, 0.717) is 12.1 Å². The van der Waals surface area contributed by atoms with Gasteiger partial charge in [-0.05, 0) is 31.2 Å². The molecular formula is C13H13F3N4O. The Kier molecular flexibility index (Phi) is 3.88. The van der Waals surface area contributed by atoms with Crippen LogP contribution in [0.2, 0.25) is 0 Å². The minimum atomic E-state index is -4.51. The average Bonchev–Trinajstić information content (AvgIpc) is 2.88. The van der Waals surface area contributed by atoms with Crippen LogP contribution in [0.5, 0.6) is 0 Å². The molecule has 5 nitrogen and oxygen atoms in total. The quantitative estimate of drug-likeness (QED) is 0.853. The highest BCUT2D eigenvalue weighted by Gasteiger charge is 2.33. The minimum absolute atomic E-state index is 0.163. The third-order valence-electron chi connectivity index (χ3n) is 2.75. The number of nitrogen functional groups attached to an aromatic ring is 1. The van der Waals surface area contributed by atoms with E-state index in [1.54, 1.807) is 6.92 Å². The summed E-state index contributed by atoms with van der Waals surface area (Å²) in [6.45, 7) is 2.24. The van der Waals surface area contributed by atoms with Crippen molar-refractivity contribution >= 4 is 11.6 Å². The molecule has 1 amide bonds. The molecular weight excluding hydrogens is 285 g/mol. The first-order chi connectivity index (χ1) is 9.82. The van der Waals surface area contributed by atoms with E-state index in [2.05, 4.69) is 10.4 Å². The summed E-state index contributed by atoms with van der Waals surface area (Å²) < 4.78 is 38.6. The van der Waals surface area contributed by atoms with Crippen molar-refractivity contribution in [3.8, 4) is 5.69 Å². The van der Waals surface area contributed by atoms with Gasteiger partial charge in [-0.15, -0.1) is 0 Å². The van der Waals surface area contributed by atoms with E-state index < -0.39 is 11.9 Å². The van der Waals surface area contributed by atoms with Crippen LogP contribution in [-0.4, -0.2) is 22.2 Å². The number of carbonyl (C=O) groups is 1. The van der Waals surface area contributed by atoms with Crippen molar-refractivity contribution in [3.05, 3.63) is 41.7 Å². The number of anilines is 1. The van der Waals surface area contributed by atoms with Crippen molar-refractivity contribution in [1.82, 2.24) is 15.1 Å². The molecule has 3 N–H and O–H groups in total. The van der Waals surface area contributed by atoms with Gasteiger partial charge < -0.3 is 11.1 Å². The molecule has 0 bridgehead atoms. The molecule has 0 radical (unpaired) electrons. The second kappa shape index (κ2) is 5.47. The normalized spacial score (nSPS) is 11.4. The molecule has 0 aliphatic heterocycles. The number of amides is 1. The first kappa shape index (κ1) is 14.9. The lowest BCUT2D eigenvalue weighted by molar-refractivity contribution is -0.141. The van der Waals surface area contributed by atoms with Gasteiger partial charge in [-0.2, -0.15) is 18.3 Å². The second-order valence-electron chi connectivity index (χ2n) is 4.28. The molecule has 0 aliphatic rings. The molecule has 0 fully saturated rings. The Balaban J connectivity index is 2.33. The van der Waals surface area contributed by atoms with E-state index in [4.69, 9.17) is 5.73 Å². The minimum Gasteiger partial charge on any atom is -0.397 e. The molecule has 1 aromatic heterocycles. The fourth-order valence-corrected chi connectivity index (χ4v) is 1.78. The average molecular weight is 298 g/mol. The molecule has 8 heteroatoms. The van der Waals surface area contributed by atoms with Gasteiger partial charge in [0.25, 0.3) is 5.91 Å². The molecule has 0 atom stereocenters. The zero-order valence-corrected chi connectivity index (χ0v) is 11.1. The third kappa shape index (κ3) is 3.15. The Hall–Kier alpha value is -2.51. The first-order valence-corrected chi connectivity index (χ1v) is 6.14. The predicted octanol–water partition coefficient (Wildman–Crippen LogP) is 2.22. The first-order valence-electron chi connectivity index (χ1n) is 6.14. The number of nitrogens with one attached hydrogen (secondary N) is 1. The molecule has 1 aromatic carbocycles. The van der Waals surface area contributed by atoms with Gasteiger partial charge in [-0.1, -0.05) is 0 Å². The second-order valence-corrected chi connectivity index (χ2v) is 4.28. The number of rotatable bonds is 3. The van der Waals surface area contributed by atoms with Crippen molar-refractivity contribution in [3.63, 3.8) is 0 Å². The van der Waals surface area contributed by atoms with Crippen LogP contribution in [0.3, 0.4) is 0 Å². The van der Waals surface area contributed by atoms with Crippen molar-refractivity contribution < 1.29 is 18.0 Å². The van der Waals surface area contributed by atoms with E-state index in [1.165, 1.54) is 24.4 Å². The van der Waals surface area contributed by atoms with Crippen LogP contribution in [0.4, 0.5) is 18.9 Å². The summed E-state index contributed by atoms with van der Waals surface area (Å²) in [6, 6.07) is 5.19. The maximum atomic E-state index is 12.5. The molecule has 2 rings (SSSR count). The lowest BCUT2D eigenvalue weighted by atomic mass is 10.1. The molecule has 0 spiro atoms. The van der Waals surface area contributed by atoms with E-state index in [1.807, 2.05) is 0 Å². The fourth-order valence-electron chi connectivity index (χ4n) is 1.78. The van der Waals surface area contributed by atoms with E-state index in [9.17, 15) is 18.0 Å². The SMILES string of the molecule is CCNC(=O)c1ccc(-n2ccc(C(F)(F)F)n2)c(N)c1. The van der Waals surface area contributed by atoms with Crippen molar-refractivity contribution in [2.75, 3.05) is 12.3 Å². The molecule has 112 valence electrons. The predicted molar refractivity (Wildman–Crippen MR) is 71.0 cm³/mol. The van der Waals surface area contributed by atoms with Crippen LogP contribution in [0.15, 0.2) is 30.5 Å². The third-order valence-corrected chi connectivity index (χ3v) is 2.75. The maximum absolute atomic E-state index is 12.5. The summed E-state index contributed by atoms with van der Waals surface area (Å²) in [5.41, 5.74) is 5.55. The molecule has 1 heterocycles. The van der Waals surface area contributed by atoms with E-state index >= 15 is 0 Å². The maximum Gasteiger partial charge on any atom is 0.435 e. The molecule has 0 unspecified atom stereocenters. The van der Waals surface area contributed by atoms with Crippen molar-refractivity contribution in [1.29, 1.82) is 0 Å². The molecule has 2 aromatic rings. The number of carbonyl (C=O) groups excluding carboxylic acids is 1. The van der Waals surface area contributed by atoms with Gasteiger partial charge in [0.05, 0.1) is 11.4 Å². The number of nitrogens with zero attached hydrogens (tertiary/aromatic N) is 2. The Labute approximate surface area is 118 Å². The van der Waals surface area contributed by atoms with Crippen LogP contribution < -0.4 is 11.1 Å². The number of alkyl halides is 3. The number of hydrogen-bond donors (Lipinski definition) is 2. The number of halogens is 3. The van der Waals surface area contributed by atoms with Crippen molar-refractivity contribution in [2.24, 2.45) is 0 Å². The molecule has 0 saturated heterocycles. The Morgan fingerprint density at radius 1 is 1.38 bits per heavy atom. The Morgan fingerprint density at radius 3 is 2.62 bits per heavy atom. The van der Waals surface area contributed by atoms with Crippen LogP contribution in [0.1, 0.15) is 23.0 Å². The zero-order chi connectivity index (χ0) is 15.6. The summed E-state index contributed by atoms with van der Waals surface area (Å²) in [7, 11) is 0. The zero-order valence-electron chi connectivity index (χ0n) is 11.1. The van der Waals surface area contributed by atoms with Gasteiger partial charge in [0.1, 0.15) is 0 Å². The summed E-state index contributed by atoms with van der Waals surface area (Å²) in [5, 5.41) is 6.04. The van der Waals surface area contributed by atoms with Gasteiger partial charge in [0.2, 0.25) is 0 Å². The van der Waals surface area contributed by atoms with Gasteiger partial charge >= 0.3 is 6.18 Å². The number of nitrogens with two attached hydrogens (primary N) is 1. The van der Waals surface area contributed by atoms with Crippen molar-refractivity contribution in [2.45, 2.75) is 13.1 Å². The highest BCUT2D eigenvalue weighted by Crippen LogP contribution is 2.28. The van der Waals surface area contributed by atoms with Crippen LogP contribution >= 0.6 is 0 Å². The molecule has 0 aliphatic carbocycles. The summed E-state index contributed by atoms with van der Waals surface area (Å²) in [6.07, 6.45) is -3.35. The van der Waals surface area contributed by atoms with Gasteiger partial charge in [-0.3, -0.25) is 4.79 Å². The van der Waals surface area contributed by atoms with Gasteiger partial charge in [-0.25, -0.2) is 4.68 Å². The summed E-state index contributed by atoms with van der Waals surface area (Å²) in [5.74, 6) is -0.299. The van der Waals surface area contributed by atoms with Crippen LogP contribution in [0.25, 0.3) is 5.69 Å². The van der Waals surface area contributed by atoms with E-state index in [0.717, 1.165) is 10.7 Å². The van der Waals surface area contributed by atoms with E-state index in [-0.39, 0.29) is 17.3 Å². The lowest BCUT2D eigenvalue weighted by Gasteiger charge is -2.08. The monoisotopic (exact) mass is 298 g/mol. The highest BCUT2D eigenvalue weighted by atomic mass is 19.4. The fraction of sp³-hybridized carbons (Fsp3) is 0.231. The van der Waals surface area contributed by atoms with Crippen LogP contribution in [0, 0.1) is 0 Å². The largest absolute Gasteiger partial charge is 0.435 e. The summed E-state index contributed by atoms with van der Waals surface area (Å²) >= 11 is 0. The number of hydrogen-bond acceptors (Lipinski definition) is 3. The lowest BCUT2D eigenvalue weighted by Crippen LogP contribution is -2.22. The Morgan fingerprint density at radius 2 is 2.10 bits per heavy atom. The number of benzene rings is 1. The topological polar surface area (TPSA) is 72.9 Å². The molecule has 21 heavy (non-hydrogen) atoms. The Bertz CT molecular complexity index is 664. The van der Waals surface area contributed by atoms with Gasteiger partial charge in [0, 0.05) is 18.3 Å². The molecule has 0 saturated carbocycles.